The van der Waals surface area contributed by atoms with Crippen LogP contribution in [-0.2, 0) is 13.1 Å². The summed E-state index contributed by atoms with van der Waals surface area (Å²) in [4.78, 5) is 0. The molecule has 102 valence electrons. The number of hydrogen-bond acceptors (Lipinski definition) is 1. The monoisotopic (exact) mass is 256 g/mol. The van der Waals surface area contributed by atoms with Gasteiger partial charge in [-0.3, -0.25) is 0 Å². The second-order valence-electron chi connectivity index (χ2n) is 5.31. The zero-order valence-corrected chi connectivity index (χ0v) is 12.4. The molecule has 1 atom stereocenters. The van der Waals surface area contributed by atoms with Gasteiger partial charge in [0.1, 0.15) is 0 Å². The van der Waals surface area contributed by atoms with Gasteiger partial charge in [0.15, 0.2) is 0 Å². The van der Waals surface area contributed by atoms with Gasteiger partial charge in [0.05, 0.1) is 0 Å². The molecule has 2 rings (SSSR count). The molecule has 1 unspecified atom stereocenters. The highest BCUT2D eigenvalue weighted by Crippen LogP contribution is 2.19. The molecule has 1 aromatic carbocycles. The molecule has 1 heterocycles. The summed E-state index contributed by atoms with van der Waals surface area (Å²) in [5.41, 5.74) is 5.43. The molecule has 0 saturated heterocycles. The van der Waals surface area contributed by atoms with E-state index < -0.39 is 0 Å². The van der Waals surface area contributed by atoms with Crippen LogP contribution in [0.3, 0.4) is 0 Å². The molecule has 1 aromatic heterocycles. The summed E-state index contributed by atoms with van der Waals surface area (Å²) in [6, 6.07) is 9.23. The van der Waals surface area contributed by atoms with Crippen molar-refractivity contribution in [2.45, 2.75) is 46.8 Å². The van der Waals surface area contributed by atoms with Gasteiger partial charge in [-0.05, 0) is 50.5 Å². The molecule has 0 bridgehead atoms. The summed E-state index contributed by atoms with van der Waals surface area (Å²) in [6.07, 6.45) is 4.35. The average Bonchev–Trinajstić information content (AvgIpc) is 2.87. The van der Waals surface area contributed by atoms with Gasteiger partial charge in [-0.1, -0.05) is 23.8 Å². The highest BCUT2D eigenvalue weighted by Gasteiger charge is 2.08. The molecule has 0 aliphatic carbocycles. The van der Waals surface area contributed by atoms with E-state index in [1.165, 1.54) is 22.3 Å². The van der Waals surface area contributed by atoms with E-state index in [9.17, 15) is 0 Å². The number of nitrogens with one attached hydrogen (secondary N) is 1. The number of rotatable bonds is 5. The van der Waals surface area contributed by atoms with E-state index in [0.717, 1.165) is 13.1 Å². The predicted octanol–water partition coefficient (Wildman–Crippen LogP) is 3.98. The molecule has 0 aliphatic rings. The van der Waals surface area contributed by atoms with Crippen molar-refractivity contribution < 1.29 is 0 Å². The lowest BCUT2D eigenvalue weighted by Crippen LogP contribution is -2.18. The Hall–Kier alpha value is -1.54. The number of nitrogens with zero attached hydrogens (tertiary/aromatic N) is 1. The standard InChI is InChI=1S/C17H24N2/c1-5-19-9-8-16(12-19)11-18-15(4)17-10-13(2)6-7-14(17)3/h6-10,12,15,18H,5,11H2,1-4H3. The van der Waals surface area contributed by atoms with E-state index in [1.54, 1.807) is 0 Å². The minimum absolute atomic E-state index is 0.380. The first-order valence-electron chi connectivity index (χ1n) is 7.05. The second-order valence-corrected chi connectivity index (χ2v) is 5.31. The zero-order chi connectivity index (χ0) is 13.8. The van der Waals surface area contributed by atoms with E-state index in [4.69, 9.17) is 0 Å². The van der Waals surface area contributed by atoms with Crippen molar-refractivity contribution in [1.82, 2.24) is 9.88 Å². The van der Waals surface area contributed by atoms with Crippen molar-refractivity contribution in [2.75, 3.05) is 0 Å². The Bertz CT molecular complexity index is 540. The van der Waals surface area contributed by atoms with Crippen LogP contribution in [0.25, 0.3) is 0 Å². The molecule has 0 radical (unpaired) electrons. The van der Waals surface area contributed by atoms with Crippen LogP contribution >= 0.6 is 0 Å². The minimum atomic E-state index is 0.380. The molecule has 0 aliphatic heterocycles. The fourth-order valence-corrected chi connectivity index (χ4v) is 2.40. The van der Waals surface area contributed by atoms with Crippen LogP contribution < -0.4 is 5.32 Å². The van der Waals surface area contributed by atoms with Gasteiger partial charge in [0.2, 0.25) is 0 Å². The highest BCUT2D eigenvalue weighted by molar-refractivity contribution is 5.32. The smallest absolute Gasteiger partial charge is 0.0297 e. The van der Waals surface area contributed by atoms with Gasteiger partial charge < -0.3 is 9.88 Å². The molecule has 0 fully saturated rings. The minimum Gasteiger partial charge on any atom is -0.354 e. The topological polar surface area (TPSA) is 17.0 Å². The Kier molecular flexibility index (Phi) is 4.43. The van der Waals surface area contributed by atoms with Gasteiger partial charge in [-0.2, -0.15) is 0 Å². The van der Waals surface area contributed by atoms with Crippen LogP contribution in [-0.4, -0.2) is 4.57 Å². The highest BCUT2D eigenvalue weighted by atomic mass is 14.9. The number of aryl methyl sites for hydroxylation is 3. The van der Waals surface area contributed by atoms with E-state index >= 15 is 0 Å². The third-order valence-electron chi connectivity index (χ3n) is 3.69. The quantitative estimate of drug-likeness (QED) is 0.856. The van der Waals surface area contributed by atoms with Crippen molar-refractivity contribution >= 4 is 0 Å². The largest absolute Gasteiger partial charge is 0.354 e. The van der Waals surface area contributed by atoms with Crippen LogP contribution in [0, 0.1) is 13.8 Å². The lowest BCUT2D eigenvalue weighted by Gasteiger charge is -2.17. The zero-order valence-electron chi connectivity index (χ0n) is 12.4. The molecule has 2 nitrogen and oxygen atoms in total. The predicted molar refractivity (Wildman–Crippen MR) is 81.3 cm³/mol. The molecule has 0 saturated carbocycles. The van der Waals surface area contributed by atoms with Gasteiger partial charge in [-0.25, -0.2) is 0 Å². The van der Waals surface area contributed by atoms with Gasteiger partial charge in [-0.15, -0.1) is 0 Å². The summed E-state index contributed by atoms with van der Waals surface area (Å²) >= 11 is 0. The molecule has 0 spiro atoms. The van der Waals surface area contributed by atoms with Gasteiger partial charge in [0.25, 0.3) is 0 Å². The van der Waals surface area contributed by atoms with Crippen molar-refractivity contribution in [3.8, 4) is 0 Å². The van der Waals surface area contributed by atoms with E-state index in [0.29, 0.717) is 6.04 Å². The Morgan fingerprint density at radius 1 is 1.21 bits per heavy atom. The van der Waals surface area contributed by atoms with Crippen LogP contribution in [0.15, 0.2) is 36.7 Å². The van der Waals surface area contributed by atoms with Crippen LogP contribution in [0.2, 0.25) is 0 Å². The van der Waals surface area contributed by atoms with Crippen molar-refractivity contribution in [1.29, 1.82) is 0 Å². The summed E-state index contributed by atoms with van der Waals surface area (Å²) in [5.74, 6) is 0. The van der Waals surface area contributed by atoms with Crippen molar-refractivity contribution in [3.05, 3.63) is 58.9 Å². The van der Waals surface area contributed by atoms with Gasteiger partial charge in [0, 0.05) is 31.5 Å². The third-order valence-corrected chi connectivity index (χ3v) is 3.69. The summed E-state index contributed by atoms with van der Waals surface area (Å²) < 4.78 is 2.21. The average molecular weight is 256 g/mol. The molecule has 2 aromatic rings. The molecular formula is C17H24N2. The van der Waals surface area contributed by atoms with E-state index in [2.05, 4.69) is 74.2 Å². The first kappa shape index (κ1) is 13.9. The molecule has 19 heavy (non-hydrogen) atoms. The summed E-state index contributed by atoms with van der Waals surface area (Å²) in [5, 5.41) is 3.61. The second kappa shape index (κ2) is 6.07. The first-order chi connectivity index (χ1) is 9.10. The Labute approximate surface area is 116 Å². The maximum atomic E-state index is 3.61. The molecular weight excluding hydrogens is 232 g/mol. The van der Waals surface area contributed by atoms with E-state index in [1.807, 2.05) is 0 Å². The fourth-order valence-electron chi connectivity index (χ4n) is 2.40. The normalized spacial score (nSPS) is 12.6. The third kappa shape index (κ3) is 3.48. The number of benzene rings is 1. The summed E-state index contributed by atoms with van der Waals surface area (Å²) in [6.45, 7) is 10.7. The van der Waals surface area contributed by atoms with Crippen LogP contribution in [0.5, 0.6) is 0 Å². The first-order valence-corrected chi connectivity index (χ1v) is 7.05. The lowest BCUT2D eigenvalue weighted by molar-refractivity contribution is 0.571. The summed E-state index contributed by atoms with van der Waals surface area (Å²) in [7, 11) is 0. The maximum absolute atomic E-state index is 3.61. The molecule has 1 N–H and O–H groups in total. The molecule has 0 amide bonds. The maximum Gasteiger partial charge on any atom is 0.0297 e. The van der Waals surface area contributed by atoms with Crippen molar-refractivity contribution in [3.63, 3.8) is 0 Å². The fraction of sp³-hybridized carbons (Fsp3) is 0.412. The number of aromatic nitrogens is 1. The van der Waals surface area contributed by atoms with Crippen molar-refractivity contribution in [2.24, 2.45) is 0 Å². The Morgan fingerprint density at radius 3 is 2.68 bits per heavy atom. The number of hydrogen-bond donors (Lipinski definition) is 1. The van der Waals surface area contributed by atoms with E-state index in [-0.39, 0.29) is 0 Å². The lowest BCUT2D eigenvalue weighted by atomic mass is 10.00. The molecule has 2 heteroatoms. The Balaban J connectivity index is 2.00. The van der Waals surface area contributed by atoms with Crippen LogP contribution in [0.1, 0.15) is 42.1 Å². The Morgan fingerprint density at radius 2 is 2.00 bits per heavy atom. The van der Waals surface area contributed by atoms with Gasteiger partial charge >= 0.3 is 0 Å². The SMILES string of the molecule is CCn1ccc(CNC(C)c2cc(C)ccc2C)c1. The van der Waals surface area contributed by atoms with Crippen LogP contribution in [0.4, 0.5) is 0 Å².